The summed E-state index contributed by atoms with van der Waals surface area (Å²) in [6.45, 7) is 2.40. The molecule has 1 unspecified atom stereocenters. The zero-order valence-corrected chi connectivity index (χ0v) is 10.9. The number of benzene rings is 1. The Morgan fingerprint density at radius 1 is 1.59 bits per heavy atom. The standard InChI is InChI=1S/C11H13BrFNO3/c1-2-8(6-12)7-17-11-4-3-9(14(15)16)5-10(11)13/h3-5,8H,2,6-7H2,1H3. The summed E-state index contributed by atoms with van der Waals surface area (Å²) in [5, 5.41) is 11.2. The third kappa shape index (κ3) is 3.96. The molecule has 0 saturated carbocycles. The van der Waals surface area contributed by atoms with Gasteiger partial charge in [0, 0.05) is 17.3 Å². The van der Waals surface area contributed by atoms with Crippen LogP contribution in [0.4, 0.5) is 10.1 Å². The van der Waals surface area contributed by atoms with Crippen LogP contribution >= 0.6 is 15.9 Å². The fourth-order valence-corrected chi connectivity index (χ4v) is 1.84. The molecule has 0 aliphatic heterocycles. The molecule has 4 nitrogen and oxygen atoms in total. The second-order valence-electron chi connectivity index (χ2n) is 3.61. The summed E-state index contributed by atoms with van der Waals surface area (Å²) in [7, 11) is 0. The predicted octanol–water partition coefficient (Wildman–Crippen LogP) is 3.53. The van der Waals surface area contributed by atoms with E-state index in [1.54, 1.807) is 0 Å². The molecule has 0 saturated heterocycles. The number of hydrogen-bond acceptors (Lipinski definition) is 3. The van der Waals surface area contributed by atoms with Gasteiger partial charge < -0.3 is 4.74 Å². The van der Waals surface area contributed by atoms with Gasteiger partial charge in [-0.25, -0.2) is 4.39 Å². The number of ether oxygens (including phenoxy) is 1. The molecular formula is C11H13BrFNO3. The van der Waals surface area contributed by atoms with Crippen molar-refractivity contribution in [3.8, 4) is 5.75 Å². The molecular weight excluding hydrogens is 293 g/mol. The van der Waals surface area contributed by atoms with Crippen LogP contribution in [0, 0.1) is 21.8 Å². The summed E-state index contributed by atoms with van der Waals surface area (Å²) in [6.07, 6.45) is 0.917. The molecule has 94 valence electrons. The highest BCUT2D eigenvalue weighted by Crippen LogP contribution is 2.23. The molecule has 0 heterocycles. The lowest BCUT2D eigenvalue weighted by atomic mass is 10.1. The van der Waals surface area contributed by atoms with E-state index < -0.39 is 10.7 Å². The highest BCUT2D eigenvalue weighted by molar-refractivity contribution is 9.09. The first-order valence-corrected chi connectivity index (χ1v) is 6.33. The van der Waals surface area contributed by atoms with E-state index in [-0.39, 0.29) is 11.4 Å². The van der Waals surface area contributed by atoms with E-state index in [1.807, 2.05) is 6.92 Å². The minimum absolute atomic E-state index is 0.0509. The molecule has 0 amide bonds. The molecule has 0 N–H and O–H groups in total. The Bertz CT molecular complexity index is 396. The van der Waals surface area contributed by atoms with E-state index in [4.69, 9.17) is 4.74 Å². The highest BCUT2D eigenvalue weighted by atomic mass is 79.9. The van der Waals surface area contributed by atoms with Gasteiger partial charge in [0.25, 0.3) is 5.69 Å². The Labute approximate surface area is 107 Å². The molecule has 0 bridgehead atoms. The SMILES string of the molecule is CCC(CBr)COc1ccc([N+](=O)[O-])cc1F. The number of nitro groups is 1. The predicted molar refractivity (Wildman–Crippen MR) is 66.1 cm³/mol. The number of nitrogens with zero attached hydrogens (tertiary/aromatic N) is 1. The number of halogens is 2. The van der Waals surface area contributed by atoms with Crippen molar-refractivity contribution in [1.82, 2.24) is 0 Å². The number of rotatable bonds is 6. The number of nitro benzene ring substituents is 1. The van der Waals surface area contributed by atoms with Crippen molar-refractivity contribution in [1.29, 1.82) is 0 Å². The van der Waals surface area contributed by atoms with Crippen molar-refractivity contribution in [3.63, 3.8) is 0 Å². The largest absolute Gasteiger partial charge is 0.490 e. The summed E-state index contributed by atoms with van der Waals surface area (Å²) in [4.78, 5) is 9.78. The summed E-state index contributed by atoms with van der Waals surface area (Å²) in [6, 6.07) is 3.38. The van der Waals surface area contributed by atoms with Gasteiger partial charge in [-0.3, -0.25) is 10.1 Å². The lowest BCUT2D eigenvalue weighted by Gasteiger charge is -2.13. The maximum absolute atomic E-state index is 13.4. The molecule has 0 aromatic heterocycles. The Hall–Kier alpha value is -1.17. The minimum Gasteiger partial charge on any atom is -0.490 e. The summed E-state index contributed by atoms with van der Waals surface area (Å²) < 4.78 is 18.7. The fourth-order valence-electron chi connectivity index (χ4n) is 1.20. The third-order valence-electron chi connectivity index (χ3n) is 2.40. The second kappa shape index (κ2) is 6.54. The van der Waals surface area contributed by atoms with Crippen LogP contribution in [0.2, 0.25) is 0 Å². The van der Waals surface area contributed by atoms with Crippen molar-refractivity contribution in [3.05, 3.63) is 34.1 Å². The average molecular weight is 306 g/mol. The molecule has 1 aromatic rings. The van der Waals surface area contributed by atoms with Crippen molar-refractivity contribution < 1.29 is 14.1 Å². The van der Waals surface area contributed by atoms with E-state index in [2.05, 4.69) is 15.9 Å². The van der Waals surface area contributed by atoms with Crippen LogP contribution in [0.1, 0.15) is 13.3 Å². The van der Waals surface area contributed by atoms with E-state index in [0.29, 0.717) is 12.5 Å². The van der Waals surface area contributed by atoms with Crippen LogP contribution in [0.25, 0.3) is 0 Å². The zero-order valence-electron chi connectivity index (χ0n) is 9.36. The van der Waals surface area contributed by atoms with Crippen molar-refractivity contribution in [2.75, 3.05) is 11.9 Å². The van der Waals surface area contributed by atoms with Crippen molar-refractivity contribution in [2.24, 2.45) is 5.92 Å². The molecule has 6 heteroatoms. The van der Waals surface area contributed by atoms with Gasteiger partial charge in [0.15, 0.2) is 11.6 Å². The number of hydrogen-bond donors (Lipinski definition) is 0. The van der Waals surface area contributed by atoms with Gasteiger partial charge in [0.2, 0.25) is 0 Å². The smallest absolute Gasteiger partial charge is 0.272 e. The molecule has 0 aliphatic carbocycles. The fraction of sp³-hybridized carbons (Fsp3) is 0.455. The van der Waals surface area contributed by atoms with Gasteiger partial charge in [0.05, 0.1) is 17.6 Å². The molecule has 1 atom stereocenters. The maximum atomic E-state index is 13.4. The highest BCUT2D eigenvalue weighted by Gasteiger charge is 2.13. The van der Waals surface area contributed by atoms with E-state index in [1.165, 1.54) is 12.1 Å². The number of alkyl halides is 1. The van der Waals surface area contributed by atoms with Gasteiger partial charge in [-0.2, -0.15) is 0 Å². The lowest BCUT2D eigenvalue weighted by molar-refractivity contribution is -0.385. The molecule has 0 radical (unpaired) electrons. The van der Waals surface area contributed by atoms with Crippen LogP contribution in [-0.2, 0) is 0 Å². The van der Waals surface area contributed by atoms with Crippen LogP contribution in [-0.4, -0.2) is 16.9 Å². The zero-order chi connectivity index (χ0) is 12.8. The van der Waals surface area contributed by atoms with Crippen LogP contribution in [0.5, 0.6) is 5.75 Å². The van der Waals surface area contributed by atoms with Crippen LogP contribution < -0.4 is 4.74 Å². The Morgan fingerprint density at radius 3 is 2.76 bits per heavy atom. The quantitative estimate of drug-likeness (QED) is 0.459. The summed E-state index contributed by atoms with van der Waals surface area (Å²) >= 11 is 3.34. The maximum Gasteiger partial charge on any atom is 0.272 e. The van der Waals surface area contributed by atoms with Crippen molar-refractivity contribution in [2.45, 2.75) is 13.3 Å². The van der Waals surface area contributed by atoms with Crippen LogP contribution in [0.15, 0.2) is 18.2 Å². The van der Waals surface area contributed by atoms with Gasteiger partial charge in [0.1, 0.15) is 0 Å². The van der Waals surface area contributed by atoms with E-state index in [0.717, 1.165) is 17.8 Å². The number of non-ortho nitro benzene ring substituents is 1. The Balaban J connectivity index is 2.69. The lowest BCUT2D eigenvalue weighted by Crippen LogP contribution is -2.13. The summed E-state index contributed by atoms with van der Waals surface area (Å²) in [5.74, 6) is -0.358. The van der Waals surface area contributed by atoms with Crippen LogP contribution in [0.3, 0.4) is 0 Å². The van der Waals surface area contributed by atoms with E-state index in [9.17, 15) is 14.5 Å². The molecule has 0 fully saturated rings. The topological polar surface area (TPSA) is 52.4 Å². The Kier molecular flexibility index (Phi) is 5.34. The van der Waals surface area contributed by atoms with E-state index >= 15 is 0 Å². The molecule has 17 heavy (non-hydrogen) atoms. The molecule has 1 aromatic carbocycles. The molecule has 1 rings (SSSR count). The monoisotopic (exact) mass is 305 g/mol. The van der Waals surface area contributed by atoms with Gasteiger partial charge in [-0.1, -0.05) is 22.9 Å². The first kappa shape index (κ1) is 13.9. The first-order valence-electron chi connectivity index (χ1n) is 5.21. The third-order valence-corrected chi connectivity index (χ3v) is 3.31. The first-order chi connectivity index (χ1) is 8.08. The van der Waals surface area contributed by atoms with Crippen molar-refractivity contribution >= 4 is 21.6 Å². The van der Waals surface area contributed by atoms with Gasteiger partial charge >= 0.3 is 0 Å². The molecule has 0 spiro atoms. The normalized spacial score (nSPS) is 12.2. The Morgan fingerprint density at radius 2 is 2.29 bits per heavy atom. The molecule has 0 aliphatic rings. The summed E-state index contributed by atoms with van der Waals surface area (Å²) in [5.41, 5.74) is -0.276. The van der Waals surface area contributed by atoms with Gasteiger partial charge in [-0.15, -0.1) is 0 Å². The average Bonchev–Trinajstić information content (AvgIpc) is 2.31. The second-order valence-corrected chi connectivity index (χ2v) is 4.26. The van der Waals surface area contributed by atoms with Gasteiger partial charge in [-0.05, 0) is 12.5 Å². The minimum atomic E-state index is -0.705.